The molecule has 48 heavy (non-hydrogen) atoms. The van der Waals surface area contributed by atoms with Gasteiger partial charge in [-0.2, -0.15) is 0 Å². The lowest BCUT2D eigenvalue weighted by atomic mass is 10.1. The number of hydrogen-bond acceptors (Lipinski definition) is 10. The van der Waals surface area contributed by atoms with Gasteiger partial charge in [0.2, 0.25) is 6.79 Å². The van der Waals surface area contributed by atoms with Crippen LogP contribution in [0.1, 0.15) is 36.0 Å². The highest BCUT2D eigenvalue weighted by Crippen LogP contribution is 2.26. The first-order valence-corrected chi connectivity index (χ1v) is 15.6. The number of fused-ring (bicyclic) bond motifs is 1. The zero-order valence-corrected chi connectivity index (χ0v) is 26.8. The Kier molecular flexibility index (Phi) is 14.7. The fourth-order valence-corrected chi connectivity index (χ4v) is 4.28. The number of rotatable bonds is 22. The summed E-state index contributed by atoms with van der Waals surface area (Å²) < 4.78 is 43.7. The Morgan fingerprint density at radius 3 is 1.73 bits per heavy atom. The molecule has 0 saturated heterocycles. The van der Waals surface area contributed by atoms with Crippen LogP contribution in [0.4, 0.5) is 0 Å². The van der Waals surface area contributed by atoms with Crippen LogP contribution in [-0.4, -0.2) is 52.0 Å². The molecule has 0 amide bonds. The van der Waals surface area contributed by atoms with Crippen molar-refractivity contribution >= 4 is 22.7 Å². The maximum Gasteiger partial charge on any atom is 0.343 e. The molecule has 10 heteroatoms. The van der Waals surface area contributed by atoms with Crippen LogP contribution in [0.15, 0.2) is 110 Å². The first-order valence-electron chi connectivity index (χ1n) is 15.6. The number of benzene rings is 4. The van der Waals surface area contributed by atoms with Gasteiger partial charge in [0.05, 0.1) is 38.3 Å². The quantitative estimate of drug-likeness (QED) is 0.0209. The Morgan fingerprint density at radius 1 is 0.562 bits per heavy atom. The zero-order valence-electron chi connectivity index (χ0n) is 26.8. The van der Waals surface area contributed by atoms with E-state index in [-0.39, 0.29) is 13.6 Å². The van der Waals surface area contributed by atoms with Crippen LogP contribution in [0.5, 0.6) is 28.7 Å². The van der Waals surface area contributed by atoms with Gasteiger partial charge in [0.25, 0.3) is 0 Å². The molecule has 0 aromatic heterocycles. The summed E-state index contributed by atoms with van der Waals surface area (Å²) >= 11 is 0. The second-order valence-corrected chi connectivity index (χ2v) is 10.3. The van der Waals surface area contributed by atoms with Gasteiger partial charge in [-0.1, -0.05) is 25.3 Å². The molecule has 0 aliphatic heterocycles. The molecule has 0 aliphatic rings. The molecule has 0 unspecified atom stereocenters. The summed E-state index contributed by atoms with van der Waals surface area (Å²) in [4.78, 5) is 23.8. The van der Waals surface area contributed by atoms with Gasteiger partial charge in [0.15, 0.2) is 6.79 Å². The van der Waals surface area contributed by atoms with E-state index in [1.54, 1.807) is 36.4 Å². The monoisotopic (exact) mass is 656 g/mol. The molecule has 0 saturated carbocycles. The first kappa shape index (κ1) is 35.4. The van der Waals surface area contributed by atoms with Gasteiger partial charge in [-0.15, -0.1) is 0 Å². The molecule has 4 rings (SSSR count). The van der Waals surface area contributed by atoms with E-state index in [2.05, 4.69) is 13.2 Å². The molecule has 0 heterocycles. The summed E-state index contributed by atoms with van der Waals surface area (Å²) in [6.07, 6.45) is 5.62. The van der Waals surface area contributed by atoms with Crippen molar-refractivity contribution in [2.45, 2.75) is 25.7 Å². The van der Waals surface area contributed by atoms with Crippen molar-refractivity contribution in [2.75, 3.05) is 40.0 Å². The van der Waals surface area contributed by atoms with Crippen LogP contribution < -0.4 is 23.7 Å². The van der Waals surface area contributed by atoms with E-state index in [0.29, 0.717) is 61.4 Å². The highest BCUT2D eigenvalue weighted by molar-refractivity contribution is 5.92. The smallest absolute Gasteiger partial charge is 0.343 e. The van der Waals surface area contributed by atoms with E-state index >= 15 is 0 Å². The van der Waals surface area contributed by atoms with Crippen molar-refractivity contribution in [3.63, 3.8) is 0 Å². The number of esters is 2. The third-order valence-electron chi connectivity index (χ3n) is 6.80. The van der Waals surface area contributed by atoms with Gasteiger partial charge < -0.3 is 37.9 Å². The number of carbonyl (C=O) groups is 2. The Hall–Kier alpha value is -5.48. The average molecular weight is 657 g/mol. The molecule has 0 spiro atoms. The maximum absolute atomic E-state index is 12.7. The Morgan fingerprint density at radius 2 is 1.08 bits per heavy atom. The second-order valence-electron chi connectivity index (χ2n) is 10.3. The van der Waals surface area contributed by atoms with Crippen molar-refractivity contribution in [3.05, 3.63) is 116 Å². The predicted octanol–water partition coefficient (Wildman–Crippen LogP) is 7.66. The summed E-state index contributed by atoms with van der Waals surface area (Å²) in [5, 5.41) is 1.81. The van der Waals surface area contributed by atoms with Crippen LogP contribution in [0.2, 0.25) is 0 Å². The molecule has 4 aromatic rings. The molecule has 0 atom stereocenters. The fraction of sp³-hybridized carbons (Fsp3) is 0.263. The molecule has 252 valence electrons. The largest absolute Gasteiger partial charge is 0.494 e. The number of unbranched alkanes of at least 4 members (excludes halogenated alkanes) is 2. The summed E-state index contributed by atoms with van der Waals surface area (Å²) in [5.41, 5.74) is 0.400. The SMILES string of the molecule is C=COCOCCCCOc1ccc(OCOc2ccc3cc(OC(=O)c4ccc(OCCCCOC(=O)C=C)cc4)ccc3c2)cc1. The molecule has 0 N–H and O–H groups in total. The van der Waals surface area contributed by atoms with Gasteiger partial charge in [-0.25, -0.2) is 9.59 Å². The van der Waals surface area contributed by atoms with E-state index in [1.807, 2.05) is 48.5 Å². The number of carbonyl (C=O) groups excluding carboxylic acids is 2. The lowest BCUT2D eigenvalue weighted by Gasteiger charge is -2.11. The Labute approximate surface area is 280 Å². The minimum absolute atomic E-state index is 0.0357. The molecule has 10 nitrogen and oxygen atoms in total. The predicted molar refractivity (Wildman–Crippen MR) is 181 cm³/mol. The van der Waals surface area contributed by atoms with Gasteiger partial charge in [-0.05, 0) is 109 Å². The zero-order chi connectivity index (χ0) is 33.8. The van der Waals surface area contributed by atoms with Crippen molar-refractivity contribution in [1.82, 2.24) is 0 Å². The van der Waals surface area contributed by atoms with Gasteiger partial charge in [0.1, 0.15) is 28.7 Å². The van der Waals surface area contributed by atoms with Crippen molar-refractivity contribution in [1.29, 1.82) is 0 Å². The van der Waals surface area contributed by atoms with E-state index in [0.717, 1.165) is 41.9 Å². The maximum atomic E-state index is 12.7. The van der Waals surface area contributed by atoms with Crippen LogP contribution in [-0.2, 0) is 19.0 Å². The minimum Gasteiger partial charge on any atom is -0.494 e. The first-order chi connectivity index (χ1) is 23.5. The van der Waals surface area contributed by atoms with Crippen LogP contribution in [0.25, 0.3) is 10.8 Å². The Bertz CT molecular complexity index is 1600. The molecular formula is C38H40O10. The van der Waals surface area contributed by atoms with E-state index < -0.39 is 11.9 Å². The number of ether oxygens (including phenoxy) is 8. The molecule has 0 radical (unpaired) electrons. The molecule has 0 aliphatic carbocycles. The van der Waals surface area contributed by atoms with Crippen molar-refractivity contribution in [3.8, 4) is 28.7 Å². The topological polar surface area (TPSA) is 108 Å². The van der Waals surface area contributed by atoms with Gasteiger partial charge in [0, 0.05) is 6.08 Å². The minimum atomic E-state index is -0.474. The third-order valence-corrected chi connectivity index (χ3v) is 6.80. The summed E-state index contributed by atoms with van der Waals surface area (Å²) in [5.74, 6) is 2.22. The lowest BCUT2D eigenvalue weighted by Crippen LogP contribution is -2.08. The fourth-order valence-electron chi connectivity index (χ4n) is 4.28. The standard InChI is InChI=1S/C38H40O10/c1-3-37(39)45-24-8-7-23-43-32-13-9-29(10-14-32)38(40)48-36-16-12-30-25-35(15-11-31(30)26-36)47-28-46-34-19-17-33(18-20-34)44-22-6-5-21-42-27-41-4-2/h3-4,9-20,25-26H,1-2,5-8,21-24,27-28H2. The third kappa shape index (κ3) is 12.4. The van der Waals surface area contributed by atoms with Crippen molar-refractivity contribution in [2.24, 2.45) is 0 Å². The normalized spacial score (nSPS) is 10.5. The van der Waals surface area contributed by atoms with E-state index in [4.69, 9.17) is 37.9 Å². The van der Waals surface area contributed by atoms with Crippen LogP contribution in [0.3, 0.4) is 0 Å². The lowest BCUT2D eigenvalue weighted by molar-refractivity contribution is -0.137. The summed E-state index contributed by atoms with van der Waals surface area (Å²) in [7, 11) is 0. The van der Waals surface area contributed by atoms with Gasteiger partial charge in [-0.3, -0.25) is 0 Å². The van der Waals surface area contributed by atoms with Crippen molar-refractivity contribution < 1.29 is 47.5 Å². The molecule has 0 bridgehead atoms. The summed E-state index contributed by atoms with van der Waals surface area (Å²) in [6, 6.07) is 25.1. The van der Waals surface area contributed by atoms with Gasteiger partial charge >= 0.3 is 11.9 Å². The van der Waals surface area contributed by atoms with E-state index in [1.165, 1.54) is 6.26 Å². The average Bonchev–Trinajstić information content (AvgIpc) is 3.11. The number of hydrogen-bond donors (Lipinski definition) is 0. The van der Waals surface area contributed by atoms with E-state index in [9.17, 15) is 9.59 Å². The highest BCUT2D eigenvalue weighted by Gasteiger charge is 2.10. The van der Waals surface area contributed by atoms with Crippen LogP contribution in [0, 0.1) is 0 Å². The molecule has 4 aromatic carbocycles. The summed E-state index contributed by atoms with van der Waals surface area (Å²) in [6.45, 7) is 9.04. The molecular weight excluding hydrogens is 616 g/mol. The molecule has 0 fully saturated rings. The second kappa shape index (κ2) is 19.9. The van der Waals surface area contributed by atoms with Crippen LogP contribution >= 0.6 is 0 Å². The highest BCUT2D eigenvalue weighted by atomic mass is 16.7. The Balaban J connectivity index is 1.15.